The van der Waals surface area contributed by atoms with Gasteiger partial charge in [-0.1, -0.05) is 0 Å². The molecule has 0 spiro atoms. The Hall–Kier alpha value is 0.01000. The molecule has 1 fully saturated rings. The number of rotatable bonds is 2. The molecule has 3 nitrogen and oxygen atoms in total. The zero-order valence-corrected chi connectivity index (χ0v) is 10.1. The minimum Gasteiger partial charge on any atom is -0.354 e. The largest absolute Gasteiger partial charge is 0.354 e. The number of nitrogens with two attached hydrogens (primary N) is 1. The van der Waals surface area contributed by atoms with Crippen molar-refractivity contribution in [2.45, 2.75) is 38.6 Å². The van der Waals surface area contributed by atoms with Crippen LogP contribution in [0.1, 0.15) is 32.6 Å². The maximum Gasteiger partial charge on any atom is 0.217 e. The highest BCUT2D eigenvalue weighted by atomic mass is 35.5. The van der Waals surface area contributed by atoms with Crippen LogP contribution in [0.3, 0.4) is 0 Å². The van der Waals surface area contributed by atoms with Gasteiger partial charge in [0.05, 0.1) is 0 Å². The van der Waals surface area contributed by atoms with Crippen molar-refractivity contribution in [3.05, 3.63) is 0 Å². The molecule has 14 heavy (non-hydrogen) atoms. The zero-order chi connectivity index (χ0) is 8.97. The van der Waals surface area contributed by atoms with Gasteiger partial charge in [-0.3, -0.25) is 4.79 Å². The molecule has 0 heterocycles. The van der Waals surface area contributed by atoms with E-state index >= 15 is 0 Å². The normalized spacial score (nSPS) is 25.6. The molecule has 0 radical (unpaired) electrons. The van der Waals surface area contributed by atoms with Crippen LogP contribution in [-0.4, -0.2) is 18.5 Å². The molecule has 1 aliphatic carbocycles. The molecule has 0 aliphatic heterocycles. The number of amides is 1. The van der Waals surface area contributed by atoms with Gasteiger partial charge in [-0.25, -0.2) is 0 Å². The summed E-state index contributed by atoms with van der Waals surface area (Å²) in [5.74, 6) is 0.779. The Morgan fingerprint density at radius 1 is 1.29 bits per heavy atom. The van der Waals surface area contributed by atoms with E-state index in [9.17, 15) is 4.79 Å². The molecule has 1 rings (SSSR count). The first-order chi connectivity index (χ1) is 5.72. The van der Waals surface area contributed by atoms with Gasteiger partial charge in [0.25, 0.3) is 0 Å². The van der Waals surface area contributed by atoms with E-state index in [-0.39, 0.29) is 30.7 Å². The molecule has 0 saturated heterocycles. The second-order valence-corrected chi connectivity index (χ2v) is 3.65. The van der Waals surface area contributed by atoms with Gasteiger partial charge in [0.1, 0.15) is 0 Å². The van der Waals surface area contributed by atoms with Crippen LogP contribution in [0.5, 0.6) is 0 Å². The number of nitrogens with one attached hydrogen (secondary N) is 1. The lowest BCUT2D eigenvalue weighted by Gasteiger charge is -2.27. The molecular formula is C9H20Cl2N2O. The summed E-state index contributed by atoms with van der Waals surface area (Å²) < 4.78 is 0. The van der Waals surface area contributed by atoms with Gasteiger partial charge in [-0.2, -0.15) is 0 Å². The highest BCUT2D eigenvalue weighted by molar-refractivity contribution is 5.85. The van der Waals surface area contributed by atoms with Crippen molar-refractivity contribution in [2.24, 2.45) is 11.7 Å². The number of hydrogen-bond acceptors (Lipinski definition) is 2. The summed E-state index contributed by atoms with van der Waals surface area (Å²) in [6.45, 7) is 2.38. The van der Waals surface area contributed by atoms with Gasteiger partial charge in [0, 0.05) is 13.0 Å². The molecule has 0 aromatic heterocycles. The Balaban J connectivity index is 0. The molecule has 1 amide bonds. The molecule has 1 saturated carbocycles. The first kappa shape index (κ1) is 16.4. The standard InChI is InChI=1S/C9H18N2O.2ClH/c1-7(12)11-9-4-2-8(6-10)3-5-9;;/h8-9H,2-6,10H2,1H3,(H,11,12);2*1H. The fourth-order valence-corrected chi connectivity index (χ4v) is 1.83. The maximum absolute atomic E-state index is 10.7. The lowest BCUT2D eigenvalue weighted by molar-refractivity contribution is -0.119. The number of halogens is 2. The van der Waals surface area contributed by atoms with Crippen molar-refractivity contribution in [1.29, 1.82) is 0 Å². The second-order valence-electron chi connectivity index (χ2n) is 3.65. The minimum atomic E-state index is 0. The summed E-state index contributed by atoms with van der Waals surface area (Å²) in [6.07, 6.45) is 4.53. The monoisotopic (exact) mass is 242 g/mol. The van der Waals surface area contributed by atoms with Crippen molar-refractivity contribution < 1.29 is 4.79 Å². The first-order valence-corrected chi connectivity index (χ1v) is 4.69. The molecule has 0 aromatic rings. The van der Waals surface area contributed by atoms with E-state index in [2.05, 4.69) is 5.32 Å². The second kappa shape index (κ2) is 8.33. The maximum atomic E-state index is 10.7. The summed E-state index contributed by atoms with van der Waals surface area (Å²) in [5.41, 5.74) is 5.56. The van der Waals surface area contributed by atoms with Crippen molar-refractivity contribution in [3.63, 3.8) is 0 Å². The van der Waals surface area contributed by atoms with Gasteiger partial charge in [-0.05, 0) is 38.1 Å². The highest BCUT2D eigenvalue weighted by Crippen LogP contribution is 2.22. The van der Waals surface area contributed by atoms with Crippen LogP contribution < -0.4 is 11.1 Å². The van der Waals surface area contributed by atoms with Crippen LogP contribution >= 0.6 is 24.8 Å². The van der Waals surface area contributed by atoms with Gasteiger partial charge < -0.3 is 11.1 Å². The SMILES string of the molecule is CC(=O)NC1CCC(CN)CC1.Cl.Cl. The van der Waals surface area contributed by atoms with Crippen molar-refractivity contribution in [3.8, 4) is 0 Å². The highest BCUT2D eigenvalue weighted by Gasteiger charge is 2.20. The predicted octanol–water partition coefficient (Wildman–Crippen LogP) is 1.48. The van der Waals surface area contributed by atoms with Crippen molar-refractivity contribution in [1.82, 2.24) is 5.32 Å². The predicted molar refractivity (Wildman–Crippen MR) is 63.1 cm³/mol. The summed E-state index contributed by atoms with van der Waals surface area (Å²) in [5, 5.41) is 2.95. The Morgan fingerprint density at radius 2 is 1.79 bits per heavy atom. The number of carbonyl (C=O) groups excluding carboxylic acids is 1. The fourth-order valence-electron chi connectivity index (χ4n) is 1.83. The Labute approximate surface area is 98.0 Å². The number of hydrogen-bond donors (Lipinski definition) is 2. The molecule has 86 valence electrons. The molecule has 3 N–H and O–H groups in total. The van der Waals surface area contributed by atoms with Crippen LogP contribution in [0.25, 0.3) is 0 Å². The van der Waals surface area contributed by atoms with E-state index in [0.29, 0.717) is 12.0 Å². The topological polar surface area (TPSA) is 55.1 Å². The molecule has 0 unspecified atom stereocenters. The number of carbonyl (C=O) groups is 1. The molecule has 0 aromatic carbocycles. The Bertz CT molecular complexity index is 159. The Morgan fingerprint density at radius 3 is 2.14 bits per heavy atom. The van der Waals surface area contributed by atoms with E-state index in [4.69, 9.17) is 5.73 Å². The van der Waals surface area contributed by atoms with Crippen LogP contribution in [0.4, 0.5) is 0 Å². The average molecular weight is 243 g/mol. The van der Waals surface area contributed by atoms with Crippen molar-refractivity contribution >= 4 is 30.7 Å². The molecule has 0 atom stereocenters. The van der Waals surface area contributed by atoms with E-state index < -0.39 is 0 Å². The average Bonchev–Trinajstić information content (AvgIpc) is 2.05. The van der Waals surface area contributed by atoms with Gasteiger partial charge in [0.2, 0.25) is 5.91 Å². The van der Waals surface area contributed by atoms with Gasteiger partial charge in [-0.15, -0.1) is 24.8 Å². The first-order valence-electron chi connectivity index (χ1n) is 4.69. The Kier molecular flexibility index (Phi) is 9.78. The van der Waals surface area contributed by atoms with Gasteiger partial charge >= 0.3 is 0 Å². The molecule has 0 bridgehead atoms. The summed E-state index contributed by atoms with van der Waals surface area (Å²) >= 11 is 0. The van der Waals surface area contributed by atoms with Crippen LogP contribution in [0.15, 0.2) is 0 Å². The van der Waals surface area contributed by atoms with E-state index in [1.807, 2.05) is 0 Å². The summed E-state index contributed by atoms with van der Waals surface area (Å²) in [4.78, 5) is 10.7. The fraction of sp³-hybridized carbons (Fsp3) is 0.889. The van der Waals surface area contributed by atoms with Crippen LogP contribution in [-0.2, 0) is 4.79 Å². The van der Waals surface area contributed by atoms with E-state index in [1.54, 1.807) is 6.92 Å². The quantitative estimate of drug-likeness (QED) is 0.771. The van der Waals surface area contributed by atoms with Crippen LogP contribution in [0.2, 0.25) is 0 Å². The lowest BCUT2D eigenvalue weighted by Crippen LogP contribution is -2.37. The third kappa shape index (κ3) is 5.68. The third-order valence-corrected chi connectivity index (χ3v) is 2.59. The van der Waals surface area contributed by atoms with Gasteiger partial charge in [0.15, 0.2) is 0 Å². The van der Waals surface area contributed by atoms with E-state index in [0.717, 1.165) is 19.4 Å². The van der Waals surface area contributed by atoms with Crippen molar-refractivity contribution in [2.75, 3.05) is 6.54 Å². The lowest BCUT2D eigenvalue weighted by atomic mass is 9.86. The molecule has 5 heteroatoms. The summed E-state index contributed by atoms with van der Waals surface area (Å²) in [6, 6.07) is 0.408. The smallest absolute Gasteiger partial charge is 0.217 e. The zero-order valence-electron chi connectivity index (χ0n) is 8.49. The summed E-state index contributed by atoms with van der Waals surface area (Å²) in [7, 11) is 0. The third-order valence-electron chi connectivity index (χ3n) is 2.59. The minimum absolute atomic E-state index is 0. The van der Waals surface area contributed by atoms with Crippen LogP contribution in [0, 0.1) is 5.92 Å². The molecule has 1 aliphatic rings. The molecular weight excluding hydrogens is 223 g/mol. The van der Waals surface area contributed by atoms with E-state index in [1.165, 1.54) is 12.8 Å².